The first-order chi connectivity index (χ1) is 20.1. The normalized spacial score (nSPS) is 21.2. The van der Waals surface area contributed by atoms with Gasteiger partial charge in [0.25, 0.3) is 0 Å². The van der Waals surface area contributed by atoms with Gasteiger partial charge in [-0.15, -0.1) is 0 Å². The lowest BCUT2D eigenvalue weighted by Crippen LogP contribution is -2.41. The number of rotatable bonds is 10. The molecule has 0 aromatic heterocycles. The highest BCUT2D eigenvalue weighted by molar-refractivity contribution is 5.68. The Labute approximate surface area is 242 Å². The van der Waals surface area contributed by atoms with E-state index in [4.69, 9.17) is 14.2 Å². The fourth-order valence-corrected chi connectivity index (χ4v) is 5.55. The molecule has 216 valence electrons. The number of piperidine rings is 1. The number of likely N-dealkylation sites (tertiary alicyclic amines) is 1. The summed E-state index contributed by atoms with van der Waals surface area (Å²) in [7, 11) is 0. The third kappa shape index (κ3) is 8.05. The number of aliphatic hydroxyl groups excluding tert-OH is 1. The van der Waals surface area contributed by atoms with E-state index in [1.807, 2.05) is 30.3 Å². The molecule has 3 atom stereocenters. The highest BCUT2D eigenvalue weighted by atomic mass is 16.7. The van der Waals surface area contributed by atoms with Crippen molar-refractivity contribution in [2.45, 2.75) is 57.3 Å². The van der Waals surface area contributed by atoms with Gasteiger partial charge >= 0.3 is 6.09 Å². The summed E-state index contributed by atoms with van der Waals surface area (Å²) in [5.74, 6) is 0. The molecule has 0 bridgehead atoms. The summed E-state index contributed by atoms with van der Waals surface area (Å²) in [4.78, 5) is 14.4. The smallest absolute Gasteiger partial charge is 0.407 e. The predicted octanol–water partition coefficient (Wildman–Crippen LogP) is 6.29. The molecule has 1 amide bonds. The summed E-state index contributed by atoms with van der Waals surface area (Å²) in [6, 6.07) is 24.4. The van der Waals surface area contributed by atoms with Crippen LogP contribution < -0.4 is 5.32 Å². The van der Waals surface area contributed by atoms with E-state index >= 15 is 0 Å². The van der Waals surface area contributed by atoms with Gasteiger partial charge in [0.15, 0.2) is 6.29 Å². The van der Waals surface area contributed by atoms with Gasteiger partial charge < -0.3 is 29.5 Å². The number of ether oxygens (including phenoxy) is 3. The largest absolute Gasteiger partial charge is 0.445 e. The van der Waals surface area contributed by atoms with Crippen LogP contribution in [0.25, 0.3) is 11.1 Å². The lowest BCUT2D eigenvalue weighted by atomic mass is 9.98. The maximum atomic E-state index is 11.8. The minimum absolute atomic E-state index is 0.0264. The minimum Gasteiger partial charge on any atom is -0.445 e. The summed E-state index contributed by atoms with van der Waals surface area (Å²) in [6.07, 6.45) is 5.10. The van der Waals surface area contributed by atoms with Gasteiger partial charge in [-0.1, -0.05) is 79.7 Å². The van der Waals surface area contributed by atoms with E-state index in [1.54, 1.807) is 0 Å². The average Bonchev–Trinajstić information content (AvgIpc) is 3.03. The highest BCUT2D eigenvalue weighted by Gasteiger charge is 2.33. The highest BCUT2D eigenvalue weighted by Crippen LogP contribution is 2.39. The second kappa shape index (κ2) is 14.4. The molecule has 41 heavy (non-hydrogen) atoms. The molecule has 2 heterocycles. The molecular weight excluding hydrogens is 516 g/mol. The van der Waals surface area contributed by atoms with Crippen molar-refractivity contribution in [3.8, 4) is 11.1 Å². The third-order valence-corrected chi connectivity index (χ3v) is 7.71. The van der Waals surface area contributed by atoms with Crippen LogP contribution in [0.3, 0.4) is 0 Å². The fourth-order valence-electron chi connectivity index (χ4n) is 5.55. The Hall–Kier alpha value is -3.49. The summed E-state index contributed by atoms with van der Waals surface area (Å²) < 4.78 is 18.2. The van der Waals surface area contributed by atoms with Crippen LogP contribution in [-0.4, -0.2) is 48.4 Å². The number of aliphatic hydroxyl groups is 1. The van der Waals surface area contributed by atoms with Gasteiger partial charge in [0.2, 0.25) is 0 Å². The number of benzene rings is 3. The molecule has 7 nitrogen and oxygen atoms in total. The van der Waals surface area contributed by atoms with Crippen LogP contribution in [0.1, 0.15) is 60.3 Å². The second-order valence-corrected chi connectivity index (χ2v) is 10.8. The zero-order chi connectivity index (χ0) is 28.4. The van der Waals surface area contributed by atoms with Gasteiger partial charge in [0.1, 0.15) is 6.61 Å². The minimum atomic E-state index is -0.495. The Morgan fingerprint density at radius 2 is 1.71 bits per heavy atom. The van der Waals surface area contributed by atoms with Crippen LogP contribution in [0.5, 0.6) is 0 Å². The van der Waals surface area contributed by atoms with Crippen molar-refractivity contribution in [1.29, 1.82) is 0 Å². The van der Waals surface area contributed by atoms with Gasteiger partial charge in [-0.05, 0) is 65.9 Å². The Morgan fingerprint density at radius 3 is 2.46 bits per heavy atom. The van der Waals surface area contributed by atoms with Crippen molar-refractivity contribution in [3.63, 3.8) is 0 Å². The zero-order valence-corrected chi connectivity index (χ0v) is 23.5. The predicted molar refractivity (Wildman–Crippen MR) is 159 cm³/mol. The summed E-state index contributed by atoms with van der Waals surface area (Å²) >= 11 is 0. The molecule has 0 radical (unpaired) electrons. The van der Waals surface area contributed by atoms with Crippen molar-refractivity contribution < 1.29 is 24.1 Å². The van der Waals surface area contributed by atoms with Crippen molar-refractivity contribution in [1.82, 2.24) is 10.2 Å². The van der Waals surface area contributed by atoms with E-state index in [0.29, 0.717) is 6.54 Å². The number of hydrogen-bond acceptors (Lipinski definition) is 6. The topological polar surface area (TPSA) is 80.3 Å². The van der Waals surface area contributed by atoms with Gasteiger partial charge in [-0.3, -0.25) is 0 Å². The van der Waals surface area contributed by atoms with Crippen LogP contribution in [0.2, 0.25) is 0 Å². The second-order valence-electron chi connectivity index (χ2n) is 10.8. The van der Waals surface area contributed by atoms with E-state index in [9.17, 15) is 9.90 Å². The molecule has 2 N–H and O–H groups in total. The van der Waals surface area contributed by atoms with Crippen LogP contribution >= 0.6 is 0 Å². The number of carbonyl (C=O) groups excluding carboxylic acids is 1. The first kappa shape index (κ1) is 29.0. The lowest BCUT2D eigenvalue weighted by Gasteiger charge is -2.39. The summed E-state index contributed by atoms with van der Waals surface area (Å²) in [5.41, 5.74) is 6.03. The van der Waals surface area contributed by atoms with Crippen LogP contribution in [0.4, 0.5) is 4.79 Å². The average molecular weight is 557 g/mol. The molecule has 2 saturated heterocycles. The van der Waals surface area contributed by atoms with Crippen molar-refractivity contribution in [2.75, 3.05) is 26.2 Å². The first-order valence-corrected chi connectivity index (χ1v) is 14.5. The van der Waals surface area contributed by atoms with E-state index in [2.05, 4.69) is 59.3 Å². The van der Waals surface area contributed by atoms with Gasteiger partial charge in [0.05, 0.1) is 18.8 Å². The molecule has 0 spiro atoms. The SMILES string of the molecule is C=CCOC(=O)NCc1cccc(-c2cccc(C3OC(CN4CCCCC4)CC(c4ccc(CO)cc4)O3)c2)c1. The molecule has 2 aliphatic rings. The zero-order valence-electron chi connectivity index (χ0n) is 23.5. The van der Waals surface area contributed by atoms with Crippen LogP contribution in [0, 0.1) is 0 Å². The molecule has 0 aliphatic carbocycles. The third-order valence-electron chi connectivity index (χ3n) is 7.71. The van der Waals surface area contributed by atoms with Crippen molar-refractivity contribution in [3.05, 3.63) is 108 Å². The molecule has 2 aliphatic heterocycles. The quantitative estimate of drug-likeness (QED) is 0.286. The standard InChI is InChI=1S/C34H40N2O5/c1-2-18-39-34(38)35-22-26-8-6-9-28(19-26)29-10-7-11-30(20-29)33-40-31(23-36-16-4-3-5-17-36)21-32(41-33)27-14-12-25(24-37)13-15-27/h2,6-15,19-20,31-33,37H,1,3-5,16-18,21-24H2,(H,35,38). The Bertz CT molecular complexity index is 1290. The van der Waals surface area contributed by atoms with E-state index < -0.39 is 12.4 Å². The van der Waals surface area contributed by atoms with Gasteiger partial charge in [0, 0.05) is 25.1 Å². The first-order valence-electron chi connectivity index (χ1n) is 14.5. The van der Waals surface area contributed by atoms with Crippen LogP contribution in [0.15, 0.2) is 85.5 Å². The van der Waals surface area contributed by atoms with Gasteiger partial charge in [-0.2, -0.15) is 0 Å². The number of amides is 1. The number of carbonyl (C=O) groups is 1. The number of alkyl carbamates (subject to hydrolysis) is 1. The maximum Gasteiger partial charge on any atom is 0.407 e. The Balaban J connectivity index is 1.33. The van der Waals surface area contributed by atoms with Crippen molar-refractivity contribution in [2.24, 2.45) is 0 Å². The number of nitrogens with zero attached hydrogens (tertiary/aromatic N) is 1. The summed E-state index contributed by atoms with van der Waals surface area (Å²) in [5, 5.41) is 12.3. The molecular formula is C34H40N2O5. The molecule has 3 aromatic carbocycles. The molecule has 3 aromatic rings. The number of hydrogen-bond donors (Lipinski definition) is 2. The molecule has 3 unspecified atom stereocenters. The molecule has 7 heteroatoms. The fraction of sp³-hybridized carbons (Fsp3) is 0.382. The lowest BCUT2D eigenvalue weighted by molar-refractivity contribution is -0.253. The molecule has 5 rings (SSSR count). The van der Waals surface area contributed by atoms with Gasteiger partial charge in [-0.25, -0.2) is 4.79 Å². The Kier molecular flexibility index (Phi) is 10.2. The number of nitrogens with one attached hydrogen (secondary N) is 1. The van der Waals surface area contributed by atoms with E-state index in [1.165, 1.54) is 25.3 Å². The monoisotopic (exact) mass is 556 g/mol. The van der Waals surface area contributed by atoms with E-state index in [-0.39, 0.29) is 25.4 Å². The maximum absolute atomic E-state index is 11.8. The Morgan fingerprint density at radius 1 is 0.951 bits per heavy atom. The molecule has 2 fully saturated rings. The van der Waals surface area contributed by atoms with Crippen LogP contribution in [-0.2, 0) is 27.4 Å². The molecule has 0 saturated carbocycles. The summed E-state index contributed by atoms with van der Waals surface area (Å²) in [6.45, 7) is 7.27. The van der Waals surface area contributed by atoms with E-state index in [0.717, 1.165) is 59.4 Å². The van der Waals surface area contributed by atoms with Crippen molar-refractivity contribution >= 4 is 6.09 Å².